The molecule has 2 rings (SSSR count). The molecule has 0 bridgehead atoms. The van der Waals surface area contributed by atoms with Crippen molar-refractivity contribution in [2.75, 3.05) is 0 Å². The van der Waals surface area contributed by atoms with Crippen LogP contribution < -0.4 is 10.5 Å². The summed E-state index contributed by atoms with van der Waals surface area (Å²) in [7, 11) is 0. The molecule has 0 amide bonds. The summed E-state index contributed by atoms with van der Waals surface area (Å²) >= 11 is 4.93. The fourth-order valence-electron chi connectivity index (χ4n) is 1.35. The van der Waals surface area contributed by atoms with Crippen molar-refractivity contribution in [3.05, 3.63) is 24.0 Å². The van der Waals surface area contributed by atoms with Gasteiger partial charge in [0.2, 0.25) is 0 Å². The molecular formula is C10H12N2OS. The third-order valence-electron chi connectivity index (χ3n) is 2.40. The van der Waals surface area contributed by atoms with E-state index in [1.807, 2.05) is 0 Å². The van der Waals surface area contributed by atoms with Gasteiger partial charge in [0.1, 0.15) is 10.7 Å². The average molecular weight is 208 g/mol. The fraction of sp³-hybridized carbons (Fsp3) is 0.400. The molecule has 0 spiro atoms. The van der Waals surface area contributed by atoms with Gasteiger partial charge in [-0.3, -0.25) is 4.98 Å². The second kappa shape index (κ2) is 3.92. The summed E-state index contributed by atoms with van der Waals surface area (Å²) < 4.78 is 5.71. The quantitative estimate of drug-likeness (QED) is 0.767. The number of nitrogens with two attached hydrogens (primary N) is 1. The number of pyridine rings is 1. The summed E-state index contributed by atoms with van der Waals surface area (Å²) in [6.07, 6.45) is 7.15. The van der Waals surface area contributed by atoms with Crippen molar-refractivity contribution in [3.8, 4) is 5.75 Å². The smallest absolute Gasteiger partial charge is 0.148 e. The number of hydrogen-bond donors (Lipinski definition) is 1. The van der Waals surface area contributed by atoms with Crippen molar-refractivity contribution in [2.45, 2.75) is 25.4 Å². The topological polar surface area (TPSA) is 48.1 Å². The molecule has 0 radical (unpaired) electrons. The van der Waals surface area contributed by atoms with Crippen LogP contribution in [0.3, 0.4) is 0 Å². The Morgan fingerprint density at radius 1 is 1.57 bits per heavy atom. The molecule has 1 fully saturated rings. The van der Waals surface area contributed by atoms with Crippen LogP contribution in [0.15, 0.2) is 18.5 Å². The second-order valence-electron chi connectivity index (χ2n) is 3.41. The molecule has 2 N–H and O–H groups in total. The minimum atomic E-state index is 0.326. The number of thiocarbonyl (C=S) groups is 1. The Balaban J connectivity index is 2.17. The maximum absolute atomic E-state index is 5.71. The molecule has 3 nitrogen and oxygen atoms in total. The van der Waals surface area contributed by atoms with Crippen molar-refractivity contribution in [2.24, 2.45) is 5.73 Å². The summed E-state index contributed by atoms with van der Waals surface area (Å²) in [4.78, 5) is 4.36. The SMILES string of the molecule is NC(=S)c1ccncc1OC1CCC1. The van der Waals surface area contributed by atoms with Gasteiger partial charge in [-0.25, -0.2) is 0 Å². The zero-order chi connectivity index (χ0) is 9.97. The third kappa shape index (κ3) is 1.85. The maximum atomic E-state index is 5.71. The zero-order valence-electron chi connectivity index (χ0n) is 7.77. The van der Waals surface area contributed by atoms with Crippen LogP contribution in [0.2, 0.25) is 0 Å². The summed E-state index contributed by atoms with van der Waals surface area (Å²) in [6, 6.07) is 1.79. The lowest BCUT2D eigenvalue weighted by atomic mass is 9.96. The molecule has 1 aliphatic carbocycles. The van der Waals surface area contributed by atoms with Crippen LogP contribution in [-0.4, -0.2) is 16.1 Å². The molecule has 1 heterocycles. The lowest BCUT2D eigenvalue weighted by molar-refractivity contribution is 0.119. The van der Waals surface area contributed by atoms with E-state index in [2.05, 4.69) is 4.98 Å². The first-order valence-corrected chi connectivity index (χ1v) is 5.08. The molecule has 1 aromatic heterocycles. The highest BCUT2D eigenvalue weighted by atomic mass is 32.1. The van der Waals surface area contributed by atoms with Crippen molar-refractivity contribution in [3.63, 3.8) is 0 Å². The number of ether oxygens (including phenoxy) is 1. The Morgan fingerprint density at radius 3 is 2.93 bits per heavy atom. The fourth-order valence-corrected chi connectivity index (χ4v) is 1.51. The van der Waals surface area contributed by atoms with Gasteiger partial charge in [0.25, 0.3) is 0 Å². The second-order valence-corrected chi connectivity index (χ2v) is 3.85. The van der Waals surface area contributed by atoms with E-state index >= 15 is 0 Å². The van der Waals surface area contributed by atoms with E-state index in [0.717, 1.165) is 18.4 Å². The van der Waals surface area contributed by atoms with E-state index in [-0.39, 0.29) is 0 Å². The maximum Gasteiger partial charge on any atom is 0.148 e. The van der Waals surface area contributed by atoms with Gasteiger partial charge < -0.3 is 10.5 Å². The van der Waals surface area contributed by atoms with Gasteiger partial charge >= 0.3 is 0 Å². The lowest BCUT2D eigenvalue weighted by Crippen LogP contribution is -2.26. The standard InChI is InChI=1S/C10H12N2OS/c11-10(14)8-4-5-12-6-9(8)13-7-2-1-3-7/h4-7H,1-3H2,(H2,11,14). The summed E-state index contributed by atoms with van der Waals surface area (Å²) in [5.74, 6) is 0.713. The summed E-state index contributed by atoms with van der Waals surface area (Å²) in [5.41, 5.74) is 6.35. The largest absolute Gasteiger partial charge is 0.488 e. The van der Waals surface area contributed by atoms with Gasteiger partial charge in [-0.2, -0.15) is 0 Å². The van der Waals surface area contributed by atoms with Gasteiger partial charge in [0, 0.05) is 6.20 Å². The molecule has 74 valence electrons. The van der Waals surface area contributed by atoms with E-state index < -0.39 is 0 Å². The molecule has 1 aromatic rings. The molecule has 0 unspecified atom stereocenters. The Hall–Kier alpha value is -1.16. The molecular weight excluding hydrogens is 196 g/mol. The molecule has 1 aliphatic rings. The average Bonchev–Trinajstić information content (AvgIpc) is 2.12. The number of aromatic nitrogens is 1. The predicted octanol–water partition coefficient (Wildman–Crippen LogP) is 1.65. The molecule has 4 heteroatoms. The van der Waals surface area contributed by atoms with Crippen LogP contribution in [0.1, 0.15) is 24.8 Å². The van der Waals surface area contributed by atoms with Crippen molar-refractivity contribution in [1.29, 1.82) is 0 Å². The Morgan fingerprint density at radius 2 is 2.36 bits per heavy atom. The van der Waals surface area contributed by atoms with Crippen LogP contribution in [0.4, 0.5) is 0 Å². The third-order valence-corrected chi connectivity index (χ3v) is 2.62. The van der Waals surface area contributed by atoms with Gasteiger partial charge in [-0.1, -0.05) is 12.2 Å². The minimum absolute atomic E-state index is 0.326. The Bertz CT molecular complexity index is 350. The first-order chi connectivity index (χ1) is 6.77. The number of hydrogen-bond acceptors (Lipinski definition) is 3. The molecule has 1 saturated carbocycles. The van der Waals surface area contributed by atoms with E-state index in [1.54, 1.807) is 18.5 Å². The molecule has 0 aromatic carbocycles. The van der Waals surface area contributed by atoms with Gasteiger partial charge in [0.05, 0.1) is 17.9 Å². The van der Waals surface area contributed by atoms with Crippen LogP contribution in [0.25, 0.3) is 0 Å². The Labute approximate surface area is 88.3 Å². The normalized spacial score (nSPS) is 16.0. The first kappa shape index (κ1) is 9.40. The van der Waals surface area contributed by atoms with Crippen molar-refractivity contribution >= 4 is 17.2 Å². The van der Waals surface area contributed by atoms with E-state index in [9.17, 15) is 0 Å². The highest BCUT2D eigenvalue weighted by Crippen LogP contribution is 2.26. The van der Waals surface area contributed by atoms with Gasteiger partial charge in [0.15, 0.2) is 0 Å². The van der Waals surface area contributed by atoms with Crippen LogP contribution in [-0.2, 0) is 0 Å². The molecule has 0 aliphatic heterocycles. The van der Waals surface area contributed by atoms with E-state index in [4.69, 9.17) is 22.7 Å². The van der Waals surface area contributed by atoms with Crippen LogP contribution >= 0.6 is 12.2 Å². The highest BCUT2D eigenvalue weighted by Gasteiger charge is 2.20. The highest BCUT2D eigenvalue weighted by molar-refractivity contribution is 7.80. The number of rotatable bonds is 3. The molecule has 0 atom stereocenters. The Kier molecular flexibility index (Phi) is 2.63. The monoisotopic (exact) mass is 208 g/mol. The number of nitrogens with zero attached hydrogens (tertiary/aromatic N) is 1. The minimum Gasteiger partial charge on any atom is -0.488 e. The molecule has 0 saturated heterocycles. The van der Waals surface area contributed by atoms with Gasteiger partial charge in [-0.15, -0.1) is 0 Å². The molecule has 14 heavy (non-hydrogen) atoms. The lowest BCUT2D eigenvalue weighted by Gasteiger charge is -2.27. The van der Waals surface area contributed by atoms with E-state index in [0.29, 0.717) is 16.8 Å². The van der Waals surface area contributed by atoms with Crippen LogP contribution in [0.5, 0.6) is 5.75 Å². The predicted molar refractivity (Wildman–Crippen MR) is 58.4 cm³/mol. The van der Waals surface area contributed by atoms with Crippen molar-refractivity contribution in [1.82, 2.24) is 4.98 Å². The zero-order valence-corrected chi connectivity index (χ0v) is 8.59. The summed E-state index contributed by atoms with van der Waals surface area (Å²) in [6.45, 7) is 0. The summed E-state index contributed by atoms with van der Waals surface area (Å²) in [5, 5.41) is 0. The van der Waals surface area contributed by atoms with Crippen LogP contribution in [0, 0.1) is 0 Å². The first-order valence-electron chi connectivity index (χ1n) is 4.68. The van der Waals surface area contributed by atoms with E-state index in [1.165, 1.54) is 6.42 Å². The van der Waals surface area contributed by atoms with Crippen molar-refractivity contribution < 1.29 is 4.74 Å². The van der Waals surface area contributed by atoms with Gasteiger partial charge in [-0.05, 0) is 25.3 Å².